The number of methoxy groups -OCH3 is 1. The van der Waals surface area contributed by atoms with Crippen LogP contribution in [0.15, 0.2) is 78.9 Å². The lowest BCUT2D eigenvalue weighted by Gasteiger charge is -2.19. The Kier molecular flexibility index (Phi) is 8.07. The van der Waals surface area contributed by atoms with Crippen molar-refractivity contribution in [1.29, 1.82) is 0 Å². The van der Waals surface area contributed by atoms with Crippen LogP contribution in [0.1, 0.15) is 16.7 Å². The van der Waals surface area contributed by atoms with Crippen LogP contribution in [0.3, 0.4) is 0 Å². The molecule has 5 nitrogen and oxygen atoms in total. The lowest BCUT2D eigenvalue weighted by molar-refractivity contribution is -0.128. The highest BCUT2D eigenvalue weighted by molar-refractivity contribution is 6.30. The van der Waals surface area contributed by atoms with Gasteiger partial charge in [-0.2, -0.15) is 0 Å². The first-order valence-corrected chi connectivity index (χ1v) is 10.4. The third kappa shape index (κ3) is 7.15. The first-order valence-electron chi connectivity index (χ1n) is 10.0. The van der Waals surface area contributed by atoms with Gasteiger partial charge in [0.15, 0.2) is 0 Å². The summed E-state index contributed by atoms with van der Waals surface area (Å²) in [6.45, 7) is 0.394. The van der Waals surface area contributed by atoms with E-state index in [0.717, 1.165) is 22.4 Å². The predicted octanol–water partition coefficient (Wildman–Crippen LogP) is 3.94. The van der Waals surface area contributed by atoms with E-state index in [1.807, 2.05) is 54.6 Å². The highest BCUT2D eigenvalue weighted by Crippen LogP contribution is 2.13. The maximum absolute atomic E-state index is 12.9. The van der Waals surface area contributed by atoms with Gasteiger partial charge in [0.25, 0.3) is 0 Å². The molecule has 0 radical (unpaired) electrons. The maximum Gasteiger partial charge on any atom is 0.243 e. The molecular formula is C25H25ClN2O3. The molecule has 6 heteroatoms. The Balaban J connectivity index is 1.66. The summed E-state index contributed by atoms with van der Waals surface area (Å²) in [4.78, 5) is 25.5. The minimum Gasteiger partial charge on any atom is -0.497 e. The Morgan fingerprint density at radius 2 is 1.52 bits per heavy atom. The highest BCUT2D eigenvalue weighted by atomic mass is 35.5. The summed E-state index contributed by atoms with van der Waals surface area (Å²) in [6.07, 6.45) is 0.541. The quantitative estimate of drug-likeness (QED) is 0.534. The van der Waals surface area contributed by atoms with Crippen LogP contribution in [0.4, 0.5) is 0 Å². The van der Waals surface area contributed by atoms with Crippen LogP contribution < -0.4 is 15.4 Å². The zero-order chi connectivity index (χ0) is 22.1. The molecule has 0 bridgehead atoms. The molecule has 0 spiro atoms. The Bertz CT molecular complexity index is 990. The fraction of sp³-hybridized carbons (Fsp3) is 0.200. The van der Waals surface area contributed by atoms with Crippen molar-refractivity contribution < 1.29 is 14.3 Å². The van der Waals surface area contributed by atoms with Crippen molar-refractivity contribution in [2.24, 2.45) is 0 Å². The standard InChI is InChI=1S/C25H25ClN2O3/c1-31-22-13-9-19(10-14-22)16-24(29)28-23(15-18-7-11-21(26)12-8-18)25(30)27-17-20-5-3-2-4-6-20/h2-14,23H,15-17H2,1H3,(H,27,30)(H,28,29). The minimum atomic E-state index is -0.698. The van der Waals surface area contributed by atoms with Crippen molar-refractivity contribution in [3.05, 3.63) is 101 Å². The molecule has 0 heterocycles. The first-order chi connectivity index (χ1) is 15.0. The summed E-state index contributed by atoms with van der Waals surface area (Å²) < 4.78 is 5.15. The van der Waals surface area contributed by atoms with Gasteiger partial charge in [-0.15, -0.1) is 0 Å². The van der Waals surface area contributed by atoms with Crippen LogP contribution in [0, 0.1) is 0 Å². The molecule has 1 unspecified atom stereocenters. The second-order valence-corrected chi connectivity index (χ2v) is 7.62. The van der Waals surface area contributed by atoms with Gasteiger partial charge in [-0.3, -0.25) is 9.59 Å². The molecule has 0 aliphatic rings. The lowest BCUT2D eigenvalue weighted by Crippen LogP contribution is -2.48. The zero-order valence-electron chi connectivity index (χ0n) is 17.3. The van der Waals surface area contributed by atoms with Crippen molar-refractivity contribution in [3.8, 4) is 5.75 Å². The molecule has 3 aromatic rings. The van der Waals surface area contributed by atoms with E-state index in [4.69, 9.17) is 16.3 Å². The Morgan fingerprint density at radius 3 is 2.16 bits per heavy atom. The molecule has 3 aromatic carbocycles. The van der Waals surface area contributed by atoms with Gasteiger partial charge in [0, 0.05) is 18.0 Å². The molecule has 3 rings (SSSR count). The van der Waals surface area contributed by atoms with Crippen LogP contribution in [-0.4, -0.2) is 25.0 Å². The molecule has 0 saturated carbocycles. The van der Waals surface area contributed by atoms with Gasteiger partial charge in [0.1, 0.15) is 11.8 Å². The lowest BCUT2D eigenvalue weighted by atomic mass is 10.0. The molecule has 0 aliphatic carbocycles. The van der Waals surface area contributed by atoms with Gasteiger partial charge < -0.3 is 15.4 Å². The van der Waals surface area contributed by atoms with Gasteiger partial charge in [0.2, 0.25) is 11.8 Å². The number of carbonyl (C=O) groups is 2. The summed E-state index contributed by atoms with van der Waals surface area (Å²) >= 11 is 5.97. The van der Waals surface area contributed by atoms with E-state index in [9.17, 15) is 9.59 Å². The van der Waals surface area contributed by atoms with Gasteiger partial charge in [-0.25, -0.2) is 0 Å². The number of ether oxygens (including phenoxy) is 1. The van der Waals surface area contributed by atoms with Gasteiger partial charge in [-0.05, 0) is 41.0 Å². The maximum atomic E-state index is 12.9. The number of amides is 2. The van der Waals surface area contributed by atoms with Crippen LogP contribution in [0.25, 0.3) is 0 Å². The fourth-order valence-electron chi connectivity index (χ4n) is 3.15. The third-order valence-corrected chi connectivity index (χ3v) is 5.09. The smallest absolute Gasteiger partial charge is 0.243 e. The molecule has 2 amide bonds. The number of hydrogen-bond acceptors (Lipinski definition) is 3. The van der Waals surface area contributed by atoms with E-state index >= 15 is 0 Å². The first kappa shape index (κ1) is 22.4. The van der Waals surface area contributed by atoms with Crippen molar-refractivity contribution in [1.82, 2.24) is 10.6 Å². The summed E-state index contributed by atoms with van der Waals surface area (Å²) in [7, 11) is 1.59. The number of carbonyl (C=O) groups excluding carboxylic acids is 2. The Labute approximate surface area is 187 Å². The van der Waals surface area contributed by atoms with E-state index in [-0.39, 0.29) is 18.2 Å². The van der Waals surface area contributed by atoms with E-state index in [2.05, 4.69) is 10.6 Å². The highest BCUT2D eigenvalue weighted by Gasteiger charge is 2.21. The molecular weight excluding hydrogens is 412 g/mol. The SMILES string of the molecule is COc1ccc(CC(=O)NC(Cc2ccc(Cl)cc2)C(=O)NCc2ccccc2)cc1. The van der Waals surface area contributed by atoms with E-state index in [1.165, 1.54) is 0 Å². The van der Waals surface area contributed by atoms with Gasteiger partial charge >= 0.3 is 0 Å². The summed E-state index contributed by atoms with van der Waals surface area (Å²) in [5, 5.41) is 6.42. The second kappa shape index (κ2) is 11.2. The molecule has 31 heavy (non-hydrogen) atoms. The topological polar surface area (TPSA) is 67.4 Å². The Morgan fingerprint density at radius 1 is 0.871 bits per heavy atom. The normalized spacial score (nSPS) is 11.4. The van der Waals surface area contributed by atoms with Gasteiger partial charge in [-0.1, -0.05) is 66.2 Å². The molecule has 0 fully saturated rings. The number of rotatable bonds is 9. The fourth-order valence-corrected chi connectivity index (χ4v) is 3.27. The van der Waals surface area contributed by atoms with Crippen molar-refractivity contribution in [3.63, 3.8) is 0 Å². The average Bonchev–Trinajstić information content (AvgIpc) is 2.79. The van der Waals surface area contributed by atoms with Crippen LogP contribution in [0.5, 0.6) is 5.75 Å². The molecule has 0 aliphatic heterocycles. The molecule has 1 atom stereocenters. The van der Waals surface area contributed by atoms with Crippen molar-refractivity contribution in [2.45, 2.75) is 25.4 Å². The molecule has 0 saturated heterocycles. The van der Waals surface area contributed by atoms with Crippen LogP contribution >= 0.6 is 11.6 Å². The monoisotopic (exact) mass is 436 g/mol. The second-order valence-electron chi connectivity index (χ2n) is 7.18. The third-order valence-electron chi connectivity index (χ3n) is 4.84. The minimum absolute atomic E-state index is 0.174. The number of hydrogen-bond donors (Lipinski definition) is 2. The van der Waals surface area contributed by atoms with Gasteiger partial charge in [0.05, 0.1) is 13.5 Å². The van der Waals surface area contributed by atoms with Crippen molar-refractivity contribution in [2.75, 3.05) is 7.11 Å². The summed E-state index contributed by atoms with van der Waals surface area (Å²) in [5.74, 6) is 0.269. The van der Waals surface area contributed by atoms with Crippen LogP contribution in [-0.2, 0) is 29.0 Å². The number of halogens is 1. The van der Waals surface area contributed by atoms with E-state index < -0.39 is 6.04 Å². The number of nitrogens with one attached hydrogen (secondary N) is 2. The summed E-state index contributed by atoms with van der Waals surface area (Å²) in [6, 6.07) is 23.5. The number of benzene rings is 3. The Hall–Kier alpha value is -3.31. The predicted molar refractivity (Wildman–Crippen MR) is 122 cm³/mol. The van der Waals surface area contributed by atoms with E-state index in [1.54, 1.807) is 31.4 Å². The van der Waals surface area contributed by atoms with Crippen molar-refractivity contribution >= 4 is 23.4 Å². The van der Waals surface area contributed by atoms with E-state index in [0.29, 0.717) is 18.0 Å². The largest absolute Gasteiger partial charge is 0.497 e. The average molecular weight is 437 g/mol. The summed E-state index contributed by atoms with van der Waals surface area (Å²) in [5.41, 5.74) is 2.74. The molecule has 0 aromatic heterocycles. The molecule has 160 valence electrons. The van der Waals surface area contributed by atoms with Crippen LogP contribution in [0.2, 0.25) is 5.02 Å². The molecule has 2 N–H and O–H groups in total. The zero-order valence-corrected chi connectivity index (χ0v) is 18.1.